The van der Waals surface area contributed by atoms with Gasteiger partial charge in [-0.05, 0) is 29.8 Å². The second-order valence-corrected chi connectivity index (χ2v) is 6.42. The van der Waals surface area contributed by atoms with Gasteiger partial charge in [0.15, 0.2) is 0 Å². The fourth-order valence-electron chi connectivity index (χ4n) is 3.06. The Labute approximate surface area is 174 Å². The van der Waals surface area contributed by atoms with Gasteiger partial charge in [0.1, 0.15) is 6.61 Å². The predicted octanol–water partition coefficient (Wildman–Crippen LogP) is 2.69. The van der Waals surface area contributed by atoms with Crippen LogP contribution in [-0.2, 0) is 25.6 Å². The number of ether oxygens (including phenoxy) is 3. The predicted molar refractivity (Wildman–Crippen MR) is 110 cm³/mol. The van der Waals surface area contributed by atoms with Crippen LogP contribution in [0, 0.1) is 0 Å². The van der Waals surface area contributed by atoms with E-state index in [1.807, 2.05) is 36.4 Å². The monoisotopic (exact) mass is 409 g/mol. The average molecular weight is 409 g/mol. The third kappa shape index (κ3) is 4.73. The smallest absolute Gasteiger partial charge is 0.411 e. The summed E-state index contributed by atoms with van der Waals surface area (Å²) in [6.45, 7) is 0.288. The van der Waals surface area contributed by atoms with Crippen molar-refractivity contribution in [3.8, 4) is 0 Å². The number of benzene rings is 1. The molecule has 1 aliphatic rings. The van der Waals surface area contributed by atoms with E-state index in [1.165, 1.54) is 14.2 Å². The second-order valence-electron chi connectivity index (χ2n) is 6.42. The first kappa shape index (κ1) is 21.2. The highest BCUT2D eigenvalue weighted by atomic mass is 16.7. The average Bonchev–Trinajstić information content (AvgIpc) is 2.81. The molecule has 8 heteroatoms. The summed E-state index contributed by atoms with van der Waals surface area (Å²) in [6, 6.07) is 13.0. The highest BCUT2D eigenvalue weighted by Gasteiger charge is 2.40. The van der Waals surface area contributed by atoms with Crippen molar-refractivity contribution >= 4 is 18.1 Å². The molecule has 1 N–H and O–H groups in total. The number of hydrogen-bond acceptors (Lipinski definition) is 7. The molecule has 0 atom stereocenters. The first-order valence-corrected chi connectivity index (χ1v) is 9.25. The van der Waals surface area contributed by atoms with Crippen molar-refractivity contribution in [2.24, 2.45) is 0 Å². The number of methoxy groups -OCH3 is 2. The maximum Gasteiger partial charge on any atom is 0.411 e. The minimum atomic E-state index is -1.67. The van der Waals surface area contributed by atoms with Crippen LogP contribution in [0.4, 0.5) is 4.79 Å². The molecule has 0 bridgehead atoms. The van der Waals surface area contributed by atoms with E-state index < -0.39 is 12.0 Å². The number of aromatic nitrogens is 1. The van der Waals surface area contributed by atoms with Crippen molar-refractivity contribution in [3.63, 3.8) is 0 Å². The molecule has 0 spiro atoms. The number of carbonyl (C=O) groups is 2. The van der Waals surface area contributed by atoms with Gasteiger partial charge in [-0.1, -0.05) is 30.3 Å². The Morgan fingerprint density at radius 2 is 1.93 bits per heavy atom. The van der Waals surface area contributed by atoms with Gasteiger partial charge >= 0.3 is 12.0 Å². The number of nitrogens with one attached hydrogen (secondary N) is 1. The third-order valence-corrected chi connectivity index (χ3v) is 4.60. The van der Waals surface area contributed by atoms with Crippen LogP contribution in [-0.4, -0.2) is 48.9 Å². The number of carbonyl (C=O) groups excluding carboxylic acids is 2. The summed E-state index contributed by atoms with van der Waals surface area (Å²) >= 11 is 0. The van der Waals surface area contributed by atoms with Gasteiger partial charge in [0.2, 0.25) is 6.29 Å². The fourth-order valence-corrected chi connectivity index (χ4v) is 3.06. The molecule has 1 aromatic heterocycles. The van der Waals surface area contributed by atoms with Crippen LogP contribution in [0.5, 0.6) is 0 Å². The second kappa shape index (κ2) is 9.82. The van der Waals surface area contributed by atoms with Crippen LogP contribution in [0.1, 0.15) is 11.1 Å². The van der Waals surface area contributed by atoms with E-state index in [4.69, 9.17) is 14.2 Å². The van der Waals surface area contributed by atoms with Gasteiger partial charge in [0.05, 0.1) is 12.2 Å². The van der Waals surface area contributed by atoms with Gasteiger partial charge in [-0.25, -0.2) is 4.79 Å². The summed E-state index contributed by atoms with van der Waals surface area (Å²) in [6.07, 6.45) is 6.78. The fraction of sp³-hybridized carbons (Fsp3) is 0.227. The molecule has 2 heterocycles. The number of aldehydes is 1. The summed E-state index contributed by atoms with van der Waals surface area (Å²) < 4.78 is 16.0. The molecule has 2 aromatic rings. The molecule has 0 saturated heterocycles. The molecular weight excluding hydrogens is 386 g/mol. The van der Waals surface area contributed by atoms with Crippen LogP contribution in [0.15, 0.2) is 72.7 Å². The van der Waals surface area contributed by atoms with E-state index in [0.717, 1.165) is 11.1 Å². The van der Waals surface area contributed by atoms with Crippen LogP contribution in [0.2, 0.25) is 0 Å². The molecule has 1 aromatic carbocycles. The zero-order valence-electron chi connectivity index (χ0n) is 16.8. The zero-order chi connectivity index (χ0) is 21.4. The lowest BCUT2D eigenvalue weighted by molar-refractivity contribution is -0.250. The Balaban J connectivity index is 1.79. The summed E-state index contributed by atoms with van der Waals surface area (Å²) in [5.74, 6) is -1.67. The summed E-state index contributed by atoms with van der Waals surface area (Å²) in [5, 5.41) is 2.71. The van der Waals surface area contributed by atoms with E-state index in [2.05, 4.69) is 10.3 Å². The van der Waals surface area contributed by atoms with Crippen molar-refractivity contribution in [1.82, 2.24) is 15.2 Å². The number of allylic oxidation sites excluding steroid dienone is 2. The Bertz CT molecular complexity index is 924. The molecule has 8 nitrogen and oxygen atoms in total. The number of rotatable bonds is 8. The first-order valence-electron chi connectivity index (χ1n) is 9.25. The molecule has 30 heavy (non-hydrogen) atoms. The topological polar surface area (TPSA) is 90.0 Å². The largest absolute Gasteiger partial charge is 0.444 e. The van der Waals surface area contributed by atoms with E-state index in [-0.39, 0.29) is 13.2 Å². The van der Waals surface area contributed by atoms with Crippen LogP contribution < -0.4 is 5.32 Å². The molecule has 0 radical (unpaired) electrons. The summed E-state index contributed by atoms with van der Waals surface area (Å²) in [4.78, 5) is 29.9. The van der Waals surface area contributed by atoms with Crippen molar-refractivity contribution in [3.05, 3.63) is 83.8 Å². The quantitative estimate of drug-likeness (QED) is 0.530. The number of alkyl carbamates (subject to hydrolysis) is 1. The highest BCUT2D eigenvalue weighted by Crippen LogP contribution is 2.31. The third-order valence-electron chi connectivity index (χ3n) is 4.60. The Morgan fingerprint density at radius 3 is 2.57 bits per heavy atom. The molecule has 1 amide bonds. The molecule has 0 aliphatic carbocycles. The summed E-state index contributed by atoms with van der Waals surface area (Å²) in [5.41, 5.74) is 2.81. The van der Waals surface area contributed by atoms with Gasteiger partial charge < -0.3 is 19.1 Å². The normalized spacial score (nSPS) is 13.9. The summed E-state index contributed by atoms with van der Waals surface area (Å²) in [7, 11) is 2.75. The van der Waals surface area contributed by atoms with Crippen molar-refractivity contribution < 1.29 is 23.8 Å². The van der Waals surface area contributed by atoms with Gasteiger partial charge in [0, 0.05) is 37.9 Å². The molecule has 0 saturated carbocycles. The van der Waals surface area contributed by atoms with Crippen molar-refractivity contribution in [2.45, 2.75) is 12.5 Å². The first-order chi connectivity index (χ1) is 14.6. The number of pyridine rings is 1. The van der Waals surface area contributed by atoms with Gasteiger partial charge in [-0.15, -0.1) is 0 Å². The minimum absolute atomic E-state index is 0.140. The molecule has 1 aliphatic heterocycles. The maximum atomic E-state index is 12.2. The minimum Gasteiger partial charge on any atom is -0.444 e. The highest BCUT2D eigenvalue weighted by molar-refractivity contribution is 5.74. The lowest BCUT2D eigenvalue weighted by Crippen LogP contribution is -2.54. The Kier molecular flexibility index (Phi) is 6.95. The Hall–Kier alpha value is -3.49. The van der Waals surface area contributed by atoms with Crippen LogP contribution >= 0.6 is 0 Å². The van der Waals surface area contributed by atoms with Gasteiger partial charge in [0.25, 0.3) is 0 Å². The van der Waals surface area contributed by atoms with E-state index >= 15 is 0 Å². The van der Waals surface area contributed by atoms with Crippen molar-refractivity contribution in [1.29, 1.82) is 0 Å². The molecular formula is C22H23N3O5. The van der Waals surface area contributed by atoms with Crippen molar-refractivity contribution in [2.75, 3.05) is 20.8 Å². The van der Waals surface area contributed by atoms with E-state index in [1.54, 1.807) is 35.5 Å². The molecule has 3 rings (SSSR count). The standard InChI is InChI=1S/C22H23N3O5/c1-28-22(16-26,29-2)25-14-19(10-11-20(25)18-9-6-12-23-13-18)24-21(27)30-15-17-7-4-3-5-8-17/h3-13,16H,14-15H2,1-2H3,(H,24,27). The number of hydrogen-bond donors (Lipinski definition) is 1. The molecule has 0 unspecified atom stereocenters. The van der Waals surface area contributed by atoms with E-state index in [9.17, 15) is 9.59 Å². The SMILES string of the molecule is COC(C=O)(OC)N1CC(NC(=O)OCc2ccccc2)=CC=C1c1cccnc1. The van der Waals surface area contributed by atoms with Gasteiger partial charge in [-0.3, -0.25) is 15.1 Å². The number of nitrogens with zero attached hydrogens (tertiary/aromatic N) is 2. The Morgan fingerprint density at radius 1 is 1.17 bits per heavy atom. The molecule has 156 valence electrons. The lowest BCUT2D eigenvalue weighted by Gasteiger charge is -2.41. The van der Waals surface area contributed by atoms with E-state index in [0.29, 0.717) is 17.7 Å². The number of amides is 1. The van der Waals surface area contributed by atoms with Crippen LogP contribution in [0.3, 0.4) is 0 Å². The maximum absolute atomic E-state index is 12.2. The zero-order valence-corrected chi connectivity index (χ0v) is 16.8. The lowest BCUT2D eigenvalue weighted by atomic mass is 10.1. The van der Waals surface area contributed by atoms with Gasteiger partial charge in [-0.2, -0.15) is 0 Å². The van der Waals surface area contributed by atoms with Crippen LogP contribution in [0.25, 0.3) is 5.70 Å². The molecule has 0 fully saturated rings.